The number of carbonyl (C=O) groups excluding carboxylic acids is 1. The number of para-hydroxylation sites is 1. The van der Waals surface area contributed by atoms with Gasteiger partial charge in [0.1, 0.15) is 5.75 Å². The average Bonchev–Trinajstić information content (AvgIpc) is 3.38. The van der Waals surface area contributed by atoms with Gasteiger partial charge in [-0.05, 0) is 31.2 Å². The summed E-state index contributed by atoms with van der Waals surface area (Å²) in [7, 11) is 3.50. The lowest BCUT2D eigenvalue weighted by Crippen LogP contribution is -2.44. The summed E-state index contributed by atoms with van der Waals surface area (Å²) in [6.07, 6.45) is 3.58. The molecule has 1 aliphatic carbocycles. The third-order valence-electron chi connectivity index (χ3n) is 5.04. The van der Waals surface area contributed by atoms with Crippen molar-refractivity contribution in [1.29, 1.82) is 0 Å². The van der Waals surface area contributed by atoms with Crippen LogP contribution in [0.25, 0.3) is 0 Å². The summed E-state index contributed by atoms with van der Waals surface area (Å²) < 4.78 is 11.4. The molecule has 1 saturated heterocycles. The van der Waals surface area contributed by atoms with Crippen molar-refractivity contribution in [2.75, 3.05) is 47.0 Å². The maximum absolute atomic E-state index is 11.9. The van der Waals surface area contributed by atoms with Crippen molar-refractivity contribution in [2.24, 2.45) is 16.8 Å². The van der Waals surface area contributed by atoms with E-state index in [1.54, 1.807) is 19.0 Å². The Morgan fingerprint density at radius 2 is 2.04 bits per heavy atom. The van der Waals surface area contributed by atoms with Gasteiger partial charge in [-0.1, -0.05) is 18.2 Å². The molecule has 154 valence electrons. The summed E-state index contributed by atoms with van der Waals surface area (Å²) in [6.45, 7) is 3.85. The van der Waals surface area contributed by atoms with Crippen LogP contribution in [0.3, 0.4) is 0 Å². The molecule has 0 spiro atoms. The highest BCUT2D eigenvalue weighted by Gasteiger charge is 2.22. The Balaban J connectivity index is 1.60. The van der Waals surface area contributed by atoms with Crippen LogP contribution < -0.4 is 15.4 Å². The molecule has 3 rings (SSSR count). The summed E-state index contributed by atoms with van der Waals surface area (Å²) in [5, 5.41) is 6.49. The smallest absolute Gasteiger partial charge is 0.241 e. The molecular weight excluding hydrogens is 356 g/mol. The summed E-state index contributed by atoms with van der Waals surface area (Å²) >= 11 is 0. The van der Waals surface area contributed by atoms with Gasteiger partial charge in [-0.25, -0.2) is 4.99 Å². The molecule has 0 aromatic heterocycles. The van der Waals surface area contributed by atoms with Crippen molar-refractivity contribution in [2.45, 2.75) is 25.8 Å². The highest BCUT2D eigenvalue weighted by molar-refractivity contribution is 5.86. The van der Waals surface area contributed by atoms with Gasteiger partial charge in [-0.3, -0.25) is 4.79 Å². The van der Waals surface area contributed by atoms with Crippen LogP contribution in [0.1, 0.15) is 24.8 Å². The lowest BCUT2D eigenvalue weighted by atomic mass is 10.1. The predicted molar refractivity (Wildman–Crippen MR) is 109 cm³/mol. The first-order valence-electron chi connectivity index (χ1n) is 10.1. The van der Waals surface area contributed by atoms with Gasteiger partial charge in [0.05, 0.1) is 26.3 Å². The maximum atomic E-state index is 11.9. The van der Waals surface area contributed by atoms with Crippen molar-refractivity contribution in [1.82, 2.24) is 15.5 Å². The lowest BCUT2D eigenvalue weighted by molar-refractivity contribution is -0.127. The predicted octanol–water partition coefficient (Wildman–Crippen LogP) is 1.64. The molecule has 1 heterocycles. The minimum atomic E-state index is 0.00636. The van der Waals surface area contributed by atoms with Gasteiger partial charge in [0.15, 0.2) is 5.96 Å². The number of carbonyl (C=O) groups is 1. The number of nitrogens with one attached hydrogen (secondary N) is 2. The molecule has 28 heavy (non-hydrogen) atoms. The average molecular weight is 389 g/mol. The Morgan fingerprint density at radius 3 is 2.75 bits per heavy atom. The second kappa shape index (κ2) is 10.3. The van der Waals surface area contributed by atoms with Crippen LogP contribution in [0.4, 0.5) is 0 Å². The van der Waals surface area contributed by atoms with E-state index < -0.39 is 0 Å². The number of benzene rings is 1. The summed E-state index contributed by atoms with van der Waals surface area (Å²) in [6, 6.07) is 8.03. The molecular formula is C21H32N4O3. The standard InChI is InChI=1S/C21H32N4O3/c1-25(2)20(26)13-24-21(22-11-17-9-10-27-14-17)23-12-18-5-3-4-6-19(18)28-15-16-7-8-16/h3-6,16-17H,7-15H2,1-2H3,(H2,22,23,24). The molecule has 1 aromatic rings. The number of amides is 1. The van der Waals surface area contributed by atoms with Gasteiger partial charge in [0.2, 0.25) is 5.91 Å². The van der Waals surface area contributed by atoms with Crippen LogP contribution in [-0.2, 0) is 16.1 Å². The molecule has 1 unspecified atom stereocenters. The Morgan fingerprint density at radius 1 is 1.21 bits per heavy atom. The number of aliphatic imine (C=N–C) groups is 1. The Bertz CT molecular complexity index is 667. The minimum absolute atomic E-state index is 0.00636. The first-order chi connectivity index (χ1) is 13.6. The van der Waals surface area contributed by atoms with E-state index in [1.165, 1.54) is 12.8 Å². The van der Waals surface area contributed by atoms with E-state index in [1.807, 2.05) is 24.3 Å². The Kier molecular flexibility index (Phi) is 7.54. The number of guanidine groups is 1. The SMILES string of the molecule is CN(C)C(=O)CNC(=NCc1ccccc1OCC1CC1)NCC1CCOC1. The van der Waals surface area contributed by atoms with E-state index >= 15 is 0 Å². The number of hydrogen-bond donors (Lipinski definition) is 2. The molecule has 2 N–H and O–H groups in total. The zero-order valence-electron chi connectivity index (χ0n) is 16.9. The van der Waals surface area contributed by atoms with Crippen LogP contribution in [-0.4, -0.2) is 63.8 Å². The molecule has 1 aromatic carbocycles. The number of ether oxygens (including phenoxy) is 2. The summed E-state index contributed by atoms with van der Waals surface area (Å²) in [5.41, 5.74) is 1.05. The van der Waals surface area contributed by atoms with Crippen molar-refractivity contribution < 1.29 is 14.3 Å². The lowest BCUT2D eigenvalue weighted by Gasteiger charge is -2.17. The van der Waals surface area contributed by atoms with Crippen LogP contribution >= 0.6 is 0 Å². The van der Waals surface area contributed by atoms with Crippen LogP contribution in [0.2, 0.25) is 0 Å². The molecule has 1 saturated carbocycles. The van der Waals surface area contributed by atoms with Gasteiger partial charge in [0, 0.05) is 38.7 Å². The summed E-state index contributed by atoms with van der Waals surface area (Å²) in [5.74, 6) is 2.73. The molecule has 0 radical (unpaired) electrons. The van der Waals surface area contributed by atoms with E-state index in [9.17, 15) is 4.79 Å². The third-order valence-corrected chi connectivity index (χ3v) is 5.04. The highest BCUT2D eigenvalue weighted by Crippen LogP contribution is 2.30. The molecule has 7 heteroatoms. The molecule has 7 nitrogen and oxygen atoms in total. The minimum Gasteiger partial charge on any atom is -0.493 e. The van der Waals surface area contributed by atoms with Gasteiger partial charge in [-0.15, -0.1) is 0 Å². The van der Waals surface area contributed by atoms with E-state index in [4.69, 9.17) is 14.5 Å². The van der Waals surface area contributed by atoms with E-state index in [-0.39, 0.29) is 12.5 Å². The molecule has 2 fully saturated rings. The number of nitrogens with zero attached hydrogens (tertiary/aromatic N) is 2. The molecule has 1 atom stereocenters. The molecule has 2 aliphatic rings. The molecule has 1 aliphatic heterocycles. The van der Waals surface area contributed by atoms with Crippen molar-refractivity contribution in [3.8, 4) is 5.75 Å². The van der Waals surface area contributed by atoms with Gasteiger partial charge in [0.25, 0.3) is 0 Å². The monoisotopic (exact) mass is 388 g/mol. The first-order valence-corrected chi connectivity index (χ1v) is 10.1. The van der Waals surface area contributed by atoms with Gasteiger partial charge in [-0.2, -0.15) is 0 Å². The number of hydrogen-bond acceptors (Lipinski definition) is 4. The van der Waals surface area contributed by atoms with Crippen molar-refractivity contribution >= 4 is 11.9 Å². The summed E-state index contributed by atoms with van der Waals surface area (Å²) in [4.78, 5) is 18.2. The quantitative estimate of drug-likeness (QED) is 0.497. The van der Waals surface area contributed by atoms with Crippen LogP contribution in [0.5, 0.6) is 5.75 Å². The van der Waals surface area contributed by atoms with Crippen molar-refractivity contribution in [3.05, 3.63) is 29.8 Å². The second-order valence-electron chi connectivity index (χ2n) is 7.78. The topological polar surface area (TPSA) is 75.2 Å². The fraction of sp³-hybridized carbons (Fsp3) is 0.619. The van der Waals surface area contributed by atoms with Gasteiger partial charge < -0.3 is 25.0 Å². The van der Waals surface area contributed by atoms with Crippen LogP contribution in [0.15, 0.2) is 29.3 Å². The largest absolute Gasteiger partial charge is 0.493 e. The first kappa shape index (κ1) is 20.5. The maximum Gasteiger partial charge on any atom is 0.241 e. The Hall–Kier alpha value is -2.28. The second-order valence-corrected chi connectivity index (χ2v) is 7.78. The van der Waals surface area contributed by atoms with Crippen molar-refractivity contribution in [3.63, 3.8) is 0 Å². The zero-order valence-corrected chi connectivity index (χ0v) is 16.9. The molecule has 1 amide bonds. The normalized spacial score (nSPS) is 19.4. The third kappa shape index (κ3) is 6.71. The zero-order chi connectivity index (χ0) is 19.8. The molecule has 0 bridgehead atoms. The van der Waals surface area contributed by atoms with Gasteiger partial charge >= 0.3 is 0 Å². The Labute approximate surface area is 167 Å². The highest BCUT2D eigenvalue weighted by atomic mass is 16.5. The van der Waals surface area contributed by atoms with Crippen LogP contribution in [0, 0.1) is 11.8 Å². The fourth-order valence-electron chi connectivity index (χ4n) is 2.91. The number of likely N-dealkylation sites (N-methyl/N-ethyl adjacent to an activating group) is 1. The van der Waals surface area contributed by atoms with E-state index in [0.717, 1.165) is 44.1 Å². The fourth-order valence-corrected chi connectivity index (χ4v) is 2.91. The van der Waals surface area contributed by atoms with E-state index in [2.05, 4.69) is 10.6 Å². The number of rotatable bonds is 9. The van der Waals surface area contributed by atoms with E-state index in [0.29, 0.717) is 24.3 Å².